The molecule has 4 heteroatoms. The van der Waals surface area contributed by atoms with Crippen molar-refractivity contribution in [1.82, 2.24) is 10.6 Å². The molecule has 0 amide bonds. The molecule has 0 spiro atoms. The molecule has 0 aromatic carbocycles. The van der Waals surface area contributed by atoms with Gasteiger partial charge in [-0.1, -0.05) is 0 Å². The predicted molar refractivity (Wildman–Crippen MR) is 47.0 cm³/mol. The van der Waals surface area contributed by atoms with E-state index in [1.807, 2.05) is 0 Å². The molecule has 2 fully saturated rings. The smallest absolute Gasteiger partial charge is 0.0935 e. The Labute approximate surface area is 73.0 Å². The zero-order chi connectivity index (χ0) is 8.81. The highest BCUT2D eigenvalue weighted by molar-refractivity contribution is 4.78. The van der Waals surface area contributed by atoms with Crippen molar-refractivity contribution >= 4 is 0 Å². The molecular formula is C8H18N2O2. The summed E-state index contributed by atoms with van der Waals surface area (Å²) < 4.78 is 0. The summed E-state index contributed by atoms with van der Waals surface area (Å²) in [4.78, 5) is 0. The number of aliphatic hydroxyl groups is 2. The third-order valence-corrected chi connectivity index (χ3v) is 2.11. The minimum atomic E-state index is -0.542. The summed E-state index contributed by atoms with van der Waals surface area (Å²) >= 11 is 0. The molecule has 2 unspecified atom stereocenters. The normalized spacial score (nSPS) is 34.5. The molecule has 72 valence electrons. The van der Waals surface area contributed by atoms with Gasteiger partial charge in [0, 0.05) is 13.1 Å². The van der Waals surface area contributed by atoms with E-state index in [-0.39, 0.29) is 0 Å². The van der Waals surface area contributed by atoms with E-state index < -0.39 is 12.2 Å². The molecule has 0 aromatic rings. The Hall–Kier alpha value is -0.160. The number of β-amino-alcohol motifs (C(OH)–C–C–N with tert-alkyl or cyclic N) is 2. The monoisotopic (exact) mass is 174 g/mol. The van der Waals surface area contributed by atoms with Crippen molar-refractivity contribution < 1.29 is 10.2 Å². The van der Waals surface area contributed by atoms with Crippen LogP contribution in [-0.4, -0.2) is 48.6 Å². The van der Waals surface area contributed by atoms with Crippen LogP contribution in [0.25, 0.3) is 0 Å². The first-order chi connectivity index (χ1) is 5.80. The van der Waals surface area contributed by atoms with Crippen molar-refractivity contribution in [3.8, 4) is 0 Å². The standard InChI is InChI=1S/C4H9NO2.C4H9N/c6-3-1-5-2-4(3)7;1-2-4-5-3-1/h3-7H,1-2H2;5H,1-4H2. The van der Waals surface area contributed by atoms with Gasteiger partial charge in [-0.05, 0) is 25.9 Å². The first kappa shape index (κ1) is 9.92. The lowest BCUT2D eigenvalue weighted by molar-refractivity contribution is 0.0572. The molecule has 2 rings (SSSR count). The van der Waals surface area contributed by atoms with Crippen LogP contribution in [-0.2, 0) is 0 Å². The highest BCUT2D eigenvalue weighted by Gasteiger charge is 2.21. The van der Waals surface area contributed by atoms with Gasteiger partial charge in [0.05, 0.1) is 12.2 Å². The summed E-state index contributed by atoms with van der Waals surface area (Å²) in [6.45, 7) is 3.56. The van der Waals surface area contributed by atoms with Gasteiger partial charge in [0.2, 0.25) is 0 Å². The zero-order valence-electron chi connectivity index (χ0n) is 7.29. The second-order valence-electron chi connectivity index (χ2n) is 3.25. The van der Waals surface area contributed by atoms with Crippen molar-refractivity contribution in [2.24, 2.45) is 0 Å². The topological polar surface area (TPSA) is 64.5 Å². The van der Waals surface area contributed by atoms with Crippen LogP contribution in [0.4, 0.5) is 0 Å². The first-order valence-electron chi connectivity index (χ1n) is 4.58. The lowest BCUT2D eigenvalue weighted by atomic mass is 10.3. The third-order valence-electron chi connectivity index (χ3n) is 2.11. The lowest BCUT2D eigenvalue weighted by Crippen LogP contribution is -2.22. The summed E-state index contributed by atoms with van der Waals surface area (Å²) in [7, 11) is 0. The van der Waals surface area contributed by atoms with Gasteiger partial charge in [0.1, 0.15) is 0 Å². The van der Waals surface area contributed by atoms with Crippen LogP contribution in [0.3, 0.4) is 0 Å². The molecule has 0 saturated carbocycles. The molecule has 12 heavy (non-hydrogen) atoms. The minimum absolute atomic E-state index is 0.529. The fourth-order valence-corrected chi connectivity index (χ4v) is 1.28. The van der Waals surface area contributed by atoms with E-state index >= 15 is 0 Å². The predicted octanol–water partition coefficient (Wildman–Crippen LogP) is -1.32. The van der Waals surface area contributed by atoms with Crippen molar-refractivity contribution in [3.63, 3.8) is 0 Å². The lowest BCUT2D eigenvalue weighted by Gasteiger charge is -2.01. The number of nitrogens with one attached hydrogen (secondary N) is 2. The molecule has 2 saturated heterocycles. The summed E-state index contributed by atoms with van der Waals surface area (Å²) in [5, 5.41) is 23.4. The van der Waals surface area contributed by atoms with E-state index in [0.717, 1.165) is 0 Å². The van der Waals surface area contributed by atoms with Crippen LogP contribution < -0.4 is 10.6 Å². The maximum atomic E-state index is 8.69. The Balaban J connectivity index is 0.000000127. The molecule has 2 heterocycles. The maximum absolute atomic E-state index is 8.69. The van der Waals surface area contributed by atoms with Gasteiger partial charge in [0.25, 0.3) is 0 Å². The van der Waals surface area contributed by atoms with Crippen LogP contribution in [0.1, 0.15) is 12.8 Å². The average Bonchev–Trinajstić information content (AvgIpc) is 2.67. The van der Waals surface area contributed by atoms with Gasteiger partial charge in [-0.3, -0.25) is 0 Å². The summed E-state index contributed by atoms with van der Waals surface area (Å²) in [6.07, 6.45) is 1.69. The first-order valence-corrected chi connectivity index (χ1v) is 4.58. The molecule has 4 N–H and O–H groups in total. The molecule has 4 nitrogen and oxygen atoms in total. The third kappa shape index (κ3) is 3.49. The van der Waals surface area contributed by atoms with Crippen molar-refractivity contribution in [2.75, 3.05) is 26.2 Å². The molecule has 2 aliphatic heterocycles. The number of rotatable bonds is 0. The van der Waals surface area contributed by atoms with E-state index in [4.69, 9.17) is 10.2 Å². The molecule has 0 bridgehead atoms. The number of aliphatic hydroxyl groups excluding tert-OH is 2. The summed E-state index contributed by atoms with van der Waals surface area (Å²) in [5.41, 5.74) is 0. The van der Waals surface area contributed by atoms with Gasteiger partial charge in [-0.2, -0.15) is 0 Å². The highest BCUT2D eigenvalue weighted by Crippen LogP contribution is 1.96. The van der Waals surface area contributed by atoms with E-state index in [9.17, 15) is 0 Å². The van der Waals surface area contributed by atoms with Crippen LogP contribution in [0, 0.1) is 0 Å². The number of hydrogen-bond acceptors (Lipinski definition) is 4. The molecular weight excluding hydrogens is 156 g/mol. The van der Waals surface area contributed by atoms with Gasteiger partial charge in [-0.25, -0.2) is 0 Å². The van der Waals surface area contributed by atoms with Crippen LogP contribution in [0.2, 0.25) is 0 Å². The quantitative estimate of drug-likeness (QED) is 0.368. The van der Waals surface area contributed by atoms with Crippen LogP contribution in [0.5, 0.6) is 0 Å². The summed E-state index contributed by atoms with van der Waals surface area (Å²) in [5.74, 6) is 0. The van der Waals surface area contributed by atoms with Gasteiger partial charge in [-0.15, -0.1) is 0 Å². The molecule has 2 aliphatic rings. The fourth-order valence-electron chi connectivity index (χ4n) is 1.28. The number of hydrogen-bond donors (Lipinski definition) is 4. The minimum Gasteiger partial charge on any atom is -0.389 e. The highest BCUT2D eigenvalue weighted by atomic mass is 16.3. The molecule has 0 aromatic heterocycles. The second-order valence-corrected chi connectivity index (χ2v) is 3.25. The van der Waals surface area contributed by atoms with Gasteiger partial charge >= 0.3 is 0 Å². The molecule has 2 atom stereocenters. The summed E-state index contributed by atoms with van der Waals surface area (Å²) in [6, 6.07) is 0. The Morgan fingerprint density at radius 3 is 1.50 bits per heavy atom. The van der Waals surface area contributed by atoms with E-state index in [1.54, 1.807) is 0 Å². The van der Waals surface area contributed by atoms with Crippen molar-refractivity contribution in [2.45, 2.75) is 25.0 Å². The average molecular weight is 174 g/mol. The Bertz CT molecular complexity index is 102. The fraction of sp³-hybridized carbons (Fsp3) is 1.00. The molecule has 0 radical (unpaired) electrons. The Morgan fingerprint density at radius 1 is 0.833 bits per heavy atom. The van der Waals surface area contributed by atoms with E-state index in [2.05, 4.69) is 10.6 Å². The van der Waals surface area contributed by atoms with Gasteiger partial charge in [0.15, 0.2) is 0 Å². The Morgan fingerprint density at radius 2 is 1.33 bits per heavy atom. The van der Waals surface area contributed by atoms with E-state index in [1.165, 1.54) is 25.9 Å². The largest absolute Gasteiger partial charge is 0.389 e. The zero-order valence-corrected chi connectivity index (χ0v) is 7.29. The van der Waals surface area contributed by atoms with Crippen molar-refractivity contribution in [3.05, 3.63) is 0 Å². The van der Waals surface area contributed by atoms with Gasteiger partial charge < -0.3 is 20.8 Å². The molecule has 0 aliphatic carbocycles. The van der Waals surface area contributed by atoms with E-state index in [0.29, 0.717) is 13.1 Å². The maximum Gasteiger partial charge on any atom is 0.0935 e. The SMILES string of the molecule is C1CCNC1.OC1CNCC1O. The van der Waals surface area contributed by atoms with Crippen molar-refractivity contribution in [1.29, 1.82) is 0 Å². The second kappa shape index (κ2) is 5.48. The van der Waals surface area contributed by atoms with Crippen LogP contribution >= 0.6 is 0 Å². The Kier molecular flexibility index (Phi) is 4.53. The van der Waals surface area contributed by atoms with Crippen LogP contribution in [0.15, 0.2) is 0 Å².